The second-order valence-electron chi connectivity index (χ2n) is 5.78. The predicted molar refractivity (Wildman–Crippen MR) is 106 cm³/mol. The van der Waals surface area contributed by atoms with Crippen LogP contribution >= 0.6 is 0 Å². The fourth-order valence-electron chi connectivity index (χ4n) is 2.73. The Hall–Kier alpha value is -3.29. The molecule has 1 N–H and O–H groups in total. The number of ether oxygens (including phenoxy) is 3. The lowest BCUT2D eigenvalue weighted by Gasteiger charge is -2.18. The van der Waals surface area contributed by atoms with Crippen molar-refractivity contribution in [3.63, 3.8) is 0 Å². The number of benzene rings is 1. The predicted octanol–water partition coefficient (Wildman–Crippen LogP) is 2.84. The van der Waals surface area contributed by atoms with E-state index in [9.17, 15) is 9.59 Å². The van der Waals surface area contributed by atoms with E-state index in [0.29, 0.717) is 41.6 Å². The maximum Gasteiger partial charge on any atom is 0.274 e. The Morgan fingerprint density at radius 3 is 2.11 bits per heavy atom. The average Bonchev–Trinajstić information content (AvgIpc) is 2.73. The van der Waals surface area contributed by atoms with E-state index >= 15 is 0 Å². The van der Waals surface area contributed by atoms with E-state index in [1.54, 1.807) is 23.1 Å². The molecule has 0 aliphatic carbocycles. The highest BCUT2D eigenvalue weighted by molar-refractivity contribution is 6.05. The maximum atomic E-state index is 12.6. The molecule has 0 spiro atoms. The number of nitrogens with zero attached hydrogens (tertiary/aromatic N) is 2. The van der Waals surface area contributed by atoms with Gasteiger partial charge in [-0.3, -0.25) is 14.6 Å². The summed E-state index contributed by atoms with van der Waals surface area (Å²) in [6.07, 6.45) is 1.45. The molecule has 0 atom stereocenters. The second kappa shape index (κ2) is 9.59. The third kappa shape index (κ3) is 4.51. The van der Waals surface area contributed by atoms with Crippen LogP contribution in [0.5, 0.6) is 17.2 Å². The minimum atomic E-state index is -0.455. The number of aromatic nitrogens is 1. The van der Waals surface area contributed by atoms with Gasteiger partial charge in [0.25, 0.3) is 11.8 Å². The van der Waals surface area contributed by atoms with Gasteiger partial charge in [-0.05, 0) is 26.0 Å². The first-order chi connectivity index (χ1) is 13.5. The van der Waals surface area contributed by atoms with Gasteiger partial charge in [0.2, 0.25) is 5.75 Å². The molecule has 0 radical (unpaired) electrons. The molecule has 8 nitrogen and oxygen atoms in total. The largest absolute Gasteiger partial charge is 0.493 e. The van der Waals surface area contributed by atoms with Gasteiger partial charge >= 0.3 is 0 Å². The van der Waals surface area contributed by atoms with E-state index in [1.807, 2.05) is 13.8 Å². The van der Waals surface area contributed by atoms with Gasteiger partial charge in [0.15, 0.2) is 11.5 Å². The van der Waals surface area contributed by atoms with Crippen molar-refractivity contribution in [2.45, 2.75) is 13.8 Å². The minimum Gasteiger partial charge on any atom is -0.493 e. The van der Waals surface area contributed by atoms with Crippen molar-refractivity contribution < 1.29 is 23.8 Å². The van der Waals surface area contributed by atoms with Crippen LogP contribution in [-0.2, 0) is 0 Å². The first kappa shape index (κ1) is 21.0. The molecule has 0 bridgehead atoms. The third-order valence-corrected chi connectivity index (χ3v) is 4.21. The number of methoxy groups -OCH3 is 3. The SMILES string of the molecule is CCN(CC)C(=O)c1ccnc(C(=O)Nc2cc(OC)c(OC)c(OC)c2)c1. The molecule has 2 aromatic rings. The summed E-state index contributed by atoms with van der Waals surface area (Å²) in [5, 5.41) is 2.74. The molecule has 1 heterocycles. The number of hydrogen-bond acceptors (Lipinski definition) is 6. The lowest BCUT2D eigenvalue weighted by atomic mass is 10.2. The summed E-state index contributed by atoms with van der Waals surface area (Å²) < 4.78 is 15.8. The summed E-state index contributed by atoms with van der Waals surface area (Å²) in [5.74, 6) is 0.650. The van der Waals surface area contributed by atoms with Crippen molar-refractivity contribution >= 4 is 17.5 Å². The van der Waals surface area contributed by atoms with Crippen LogP contribution in [-0.4, -0.2) is 56.1 Å². The van der Waals surface area contributed by atoms with Crippen LogP contribution in [0.3, 0.4) is 0 Å². The Balaban J connectivity index is 2.28. The number of pyridine rings is 1. The molecule has 150 valence electrons. The van der Waals surface area contributed by atoms with E-state index in [-0.39, 0.29) is 11.6 Å². The topological polar surface area (TPSA) is 90.0 Å². The second-order valence-corrected chi connectivity index (χ2v) is 5.78. The van der Waals surface area contributed by atoms with Crippen molar-refractivity contribution in [1.82, 2.24) is 9.88 Å². The standard InChI is InChI=1S/C20H25N3O5/c1-6-23(7-2)20(25)13-8-9-21-15(10-13)19(24)22-14-11-16(26-3)18(28-5)17(12-14)27-4/h8-12H,6-7H2,1-5H3,(H,22,24). The minimum absolute atomic E-state index is 0.131. The smallest absolute Gasteiger partial charge is 0.274 e. The fourth-order valence-corrected chi connectivity index (χ4v) is 2.73. The lowest BCUT2D eigenvalue weighted by Crippen LogP contribution is -2.30. The van der Waals surface area contributed by atoms with Crippen LogP contribution in [0.1, 0.15) is 34.7 Å². The van der Waals surface area contributed by atoms with Gasteiger partial charge in [-0.1, -0.05) is 0 Å². The number of hydrogen-bond donors (Lipinski definition) is 1. The van der Waals surface area contributed by atoms with E-state index in [2.05, 4.69) is 10.3 Å². The van der Waals surface area contributed by atoms with E-state index < -0.39 is 5.91 Å². The summed E-state index contributed by atoms with van der Waals surface area (Å²) in [6, 6.07) is 6.30. The molecular formula is C20H25N3O5. The average molecular weight is 387 g/mol. The number of anilines is 1. The quantitative estimate of drug-likeness (QED) is 0.749. The highest BCUT2D eigenvalue weighted by Crippen LogP contribution is 2.39. The molecule has 1 aromatic heterocycles. The van der Waals surface area contributed by atoms with Gasteiger partial charge in [0, 0.05) is 42.7 Å². The molecular weight excluding hydrogens is 362 g/mol. The van der Waals surface area contributed by atoms with Crippen molar-refractivity contribution in [2.75, 3.05) is 39.7 Å². The maximum absolute atomic E-state index is 12.6. The van der Waals surface area contributed by atoms with Crippen LogP contribution in [0.15, 0.2) is 30.5 Å². The Morgan fingerprint density at radius 2 is 1.61 bits per heavy atom. The zero-order valence-corrected chi connectivity index (χ0v) is 16.7. The molecule has 0 aliphatic rings. The fraction of sp³-hybridized carbons (Fsp3) is 0.350. The zero-order chi connectivity index (χ0) is 20.7. The molecule has 2 amide bonds. The first-order valence-corrected chi connectivity index (χ1v) is 8.85. The summed E-state index contributed by atoms with van der Waals surface area (Å²) >= 11 is 0. The molecule has 0 saturated heterocycles. The van der Waals surface area contributed by atoms with Gasteiger partial charge < -0.3 is 24.4 Å². The first-order valence-electron chi connectivity index (χ1n) is 8.85. The van der Waals surface area contributed by atoms with Crippen molar-refractivity contribution in [3.05, 3.63) is 41.7 Å². The summed E-state index contributed by atoms with van der Waals surface area (Å²) in [7, 11) is 4.49. The monoisotopic (exact) mass is 387 g/mol. The molecule has 2 rings (SSSR count). The number of amides is 2. The number of nitrogens with one attached hydrogen (secondary N) is 1. The van der Waals surface area contributed by atoms with Gasteiger partial charge in [0.1, 0.15) is 5.69 Å². The van der Waals surface area contributed by atoms with Crippen LogP contribution in [0.2, 0.25) is 0 Å². The van der Waals surface area contributed by atoms with Crippen LogP contribution < -0.4 is 19.5 Å². The highest BCUT2D eigenvalue weighted by Gasteiger charge is 2.18. The van der Waals surface area contributed by atoms with E-state index in [4.69, 9.17) is 14.2 Å². The third-order valence-electron chi connectivity index (χ3n) is 4.21. The molecule has 0 saturated carbocycles. The van der Waals surface area contributed by atoms with Gasteiger partial charge in [-0.25, -0.2) is 0 Å². The molecule has 8 heteroatoms. The van der Waals surface area contributed by atoms with Crippen LogP contribution in [0.25, 0.3) is 0 Å². The normalized spacial score (nSPS) is 10.2. The number of carbonyl (C=O) groups excluding carboxylic acids is 2. The zero-order valence-electron chi connectivity index (χ0n) is 16.7. The molecule has 0 aliphatic heterocycles. The van der Waals surface area contributed by atoms with E-state index in [0.717, 1.165) is 0 Å². The van der Waals surface area contributed by atoms with Crippen LogP contribution in [0, 0.1) is 0 Å². The van der Waals surface area contributed by atoms with Crippen molar-refractivity contribution in [2.24, 2.45) is 0 Å². The molecule has 0 fully saturated rings. The molecule has 28 heavy (non-hydrogen) atoms. The molecule has 1 aromatic carbocycles. The molecule has 0 unspecified atom stereocenters. The summed E-state index contributed by atoms with van der Waals surface area (Å²) in [6.45, 7) is 4.98. The Labute approximate surface area is 164 Å². The highest BCUT2D eigenvalue weighted by atomic mass is 16.5. The van der Waals surface area contributed by atoms with Gasteiger partial charge in [0.05, 0.1) is 21.3 Å². The van der Waals surface area contributed by atoms with Crippen LogP contribution in [0.4, 0.5) is 5.69 Å². The Morgan fingerprint density at radius 1 is 1.00 bits per heavy atom. The Kier molecular flexibility index (Phi) is 7.20. The Bertz CT molecular complexity index is 824. The summed E-state index contributed by atoms with van der Waals surface area (Å²) in [4.78, 5) is 30.9. The van der Waals surface area contributed by atoms with Gasteiger partial charge in [-0.2, -0.15) is 0 Å². The van der Waals surface area contributed by atoms with E-state index in [1.165, 1.54) is 33.6 Å². The van der Waals surface area contributed by atoms with Crippen molar-refractivity contribution in [1.29, 1.82) is 0 Å². The number of rotatable bonds is 8. The van der Waals surface area contributed by atoms with Crippen molar-refractivity contribution in [3.8, 4) is 17.2 Å². The summed E-state index contributed by atoms with van der Waals surface area (Å²) in [5.41, 5.74) is 0.988. The lowest BCUT2D eigenvalue weighted by molar-refractivity contribution is 0.0773. The van der Waals surface area contributed by atoms with Gasteiger partial charge in [-0.15, -0.1) is 0 Å². The number of carbonyl (C=O) groups is 2.